The predicted octanol–water partition coefficient (Wildman–Crippen LogP) is 3.53. The summed E-state index contributed by atoms with van der Waals surface area (Å²) in [5.41, 5.74) is 4.21. The molecule has 2 rings (SSSR count). The van der Waals surface area contributed by atoms with Crippen LogP contribution in [0.25, 0.3) is 0 Å². The van der Waals surface area contributed by atoms with Gasteiger partial charge in [-0.2, -0.15) is 0 Å². The largest absolute Gasteiger partial charge is 0.496 e. The molecule has 1 atom stereocenters. The van der Waals surface area contributed by atoms with Gasteiger partial charge in [0.15, 0.2) is 0 Å². The van der Waals surface area contributed by atoms with Crippen LogP contribution in [0, 0.1) is 0 Å². The molecule has 0 radical (unpaired) electrons. The first-order valence-electron chi connectivity index (χ1n) is 7.56. The monoisotopic (exact) mass is 276 g/mol. The molecule has 3 nitrogen and oxygen atoms in total. The van der Waals surface area contributed by atoms with Gasteiger partial charge < -0.3 is 15.0 Å². The molecule has 0 aliphatic carbocycles. The minimum absolute atomic E-state index is 0.195. The van der Waals surface area contributed by atoms with Crippen molar-refractivity contribution in [3.05, 3.63) is 23.3 Å². The van der Waals surface area contributed by atoms with Gasteiger partial charge in [0.05, 0.1) is 7.11 Å². The van der Waals surface area contributed by atoms with Crippen molar-refractivity contribution < 1.29 is 4.74 Å². The summed E-state index contributed by atoms with van der Waals surface area (Å²) in [7, 11) is 3.95. The van der Waals surface area contributed by atoms with E-state index in [-0.39, 0.29) is 5.54 Å². The summed E-state index contributed by atoms with van der Waals surface area (Å²) >= 11 is 0. The van der Waals surface area contributed by atoms with E-state index in [0.29, 0.717) is 5.92 Å². The lowest BCUT2D eigenvalue weighted by atomic mass is 9.80. The lowest BCUT2D eigenvalue weighted by Crippen LogP contribution is -2.45. The van der Waals surface area contributed by atoms with Crippen LogP contribution in [0.15, 0.2) is 12.1 Å². The van der Waals surface area contributed by atoms with Crippen molar-refractivity contribution in [1.82, 2.24) is 5.32 Å². The Kier molecular flexibility index (Phi) is 4.28. The lowest BCUT2D eigenvalue weighted by molar-refractivity contribution is 0.387. The van der Waals surface area contributed by atoms with E-state index in [9.17, 15) is 0 Å². The average Bonchev–Trinajstić information content (AvgIpc) is 2.41. The molecule has 1 N–H and O–H groups in total. The van der Waals surface area contributed by atoms with Crippen LogP contribution in [-0.2, 0) is 6.54 Å². The molecule has 0 saturated carbocycles. The smallest absolute Gasteiger partial charge is 0.125 e. The second kappa shape index (κ2) is 5.65. The van der Waals surface area contributed by atoms with Crippen molar-refractivity contribution in [1.29, 1.82) is 0 Å². The van der Waals surface area contributed by atoms with Gasteiger partial charge in [0.1, 0.15) is 5.75 Å². The van der Waals surface area contributed by atoms with Gasteiger partial charge in [-0.3, -0.25) is 0 Å². The van der Waals surface area contributed by atoms with Crippen LogP contribution in [0.2, 0.25) is 0 Å². The molecule has 0 fully saturated rings. The van der Waals surface area contributed by atoms with E-state index in [1.54, 1.807) is 7.11 Å². The highest BCUT2D eigenvalue weighted by atomic mass is 16.5. The van der Waals surface area contributed by atoms with Crippen molar-refractivity contribution in [3.63, 3.8) is 0 Å². The fourth-order valence-electron chi connectivity index (χ4n) is 3.23. The van der Waals surface area contributed by atoms with Crippen molar-refractivity contribution in [2.24, 2.45) is 0 Å². The van der Waals surface area contributed by atoms with Gasteiger partial charge >= 0.3 is 0 Å². The minimum atomic E-state index is 0.195. The molecule has 0 saturated heterocycles. The number of methoxy groups -OCH3 is 1. The number of fused-ring (bicyclic) bond motifs is 1. The van der Waals surface area contributed by atoms with Crippen LogP contribution in [0.4, 0.5) is 5.69 Å². The maximum atomic E-state index is 5.59. The van der Waals surface area contributed by atoms with Crippen LogP contribution in [-0.4, -0.2) is 26.2 Å². The summed E-state index contributed by atoms with van der Waals surface area (Å²) in [6, 6.07) is 4.53. The maximum absolute atomic E-state index is 5.59. The number of benzene rings is 1. The van der Waals surface area contributed by atoms with E-state index < -0.39 is 0 Å². The Morgan fingerprint density at radius 2 is 2.10 bits per heavy atom. The highest BCUT2D eigenvalue weighted by molar-refractivity contribution is 5.63. The van der Waals surface area contributed by atoms with Crippen molar-refractivity contribution in [2.75, 3.05) is 25.6 Å². The molecule has 20 heavy (non-hydrogen) atoms. The molecule has 1 aromatic rings. The van der Waals surface area contributed by atoms with Gasteiger partial charge in [0.2, 0.25) is 0 Å². The van der Waals surface area contributed by atoms with Crippen LogP contribution >= 0.6 is 0 Å². The van der Waals surface area contributed by atoms with Crippen LogP contribution in [0.5, 0.6) is 5.75 Å². The Hall–Kier alpha value is -1.22. The Labute approximate surface area is 123 Å². The van der Waals surface area contributed by atoms with Crippen LogP contribution in [0.3, 0.4) is 0 Å². The van der Waals surface area contributed by atoms with Gasteiger partial charge in [-0.15, -0.1) is 0 Å². The van der Waals surface area contributed by atoms with Gasteiger partial charge in [-0.1, -0.05) is 13.8 Å². The van der Waals surface area contributed by atoms with Gasteiger partial charge in [0, 0.05) is 36.4 Å². The van der Waals surface area contributed by atoms with E-state index in [2.05, 4.69) is 57.1 Å². The number of rotatable bonds is 4. The summed E-state index contributed by atoms with van der Waals surface area (Å²) in [6.45, 7) is 10.9. The van der Waals surface area contributed by atoms with E-state index in [4.69, 9.17) is 4.74 Å². The summed E-state index contributed by atoms with van der Waals surface area (Å²) in [4.78, 5) is 2.39. The quantitative estimate of drug-likeness (QED) is 0.910. The van der Waals surface area contributed by atoms with Crippen LogP contribution < -0.4 is 15.0 Å². The number of nitrogens with zero attached hydrogens (tertiary/aromatic N) is 1. The molecule has 112 valence electrons. The molecular formula is C17H28N2O. The van der Waals surface area contributed by atoms with E-state index in [1.165, 1.54) is 23.2 Å². The molecule has 3 heteroatoms. The van der Waals surface area contributed by atoms with E-state index >= 15 is 0 Å². The summed E-state index contributed by atoms with van der Waals surface area (Å²) in [6.07, 6.45) is 1.18. The Balaban J connectivity index is 2.47. The highest BCUT2D eigenvalue weighted by Crippen LogP contribution is 2.44. The second-order valence-electron chi connectivity index (χ2n) is 6.48. The fourth-order valence-corrected chi connectivity index (χ4v) is 3.23. The minimum Gasteiger partial charge on any atom is -0.496 e. The van der Waals surface area contributed by atoms with E-state index in [1.807, 2.05) is 0 Å². The SMILES string of the molecule is CCNCc1cc2c(cc1OC)N(C)C(C)(C)C[C@H]2C. The number of nitrogens with one attached hydrogen (secondary N) is 1. The van der Waals surface area contributed by atoms with Gasteiger partial charge in [-0.05, 0) is 44.4 Å². The molecule has 0 amide bonds. The normalized spacial score (nSPS) is 20.7. The average molecular weight is 276 g/mol. The van der Waals surface area contributed by atoms with E-state index in [0.717, 1.165) is 18.8 Å². The maximum Gasteiger partial charge on any atom is 0.125 e. The molecule has 0 spiro atoms. The summed E-state index contributed by atoms with van der Waals surface area (Å²) < 4.78 is 5.59. The predicted molar refractivity (Wildman–Crippen MR) is 85.9 cm³/mol. The fraction of sp³-hybridized carbons (Fsp3) is 0.647. The lowest BCUT2D eigenvalue weighted by Gasteiger charge is -2.45. The zero-order chi connectivity index (χ0) is 14.9. The first kappa shape index (κ1) is 15.2. The third kappa shape index (κ3) is 2.64. The van der Waals surface area contributed by atoms with Gasteiger partial charge in [0.25, 0.3) is 0 Å². The summed E-state index contributed by atoms with van der Waals surface area (Å²) in [5.74, 6) is 1.57. The van der Waals surface area contributed by atoms with Crippen molar-refractivity contribution in [3.8, 4) is 5.75 Å². The molecule has 1 aromatic carbocycles. The highest BCUT2D eigenvalue weighted by Gasteiger charge is 2.34. The topological polar surface area (TPSA) is 24.5 Å². The van der Waals surface area contributed by atoms with Gasteiger partial charge in [-0.25, -0.2) is 0 Å². The number of anilines is 1. The molecular weight excluding hydrogens is 248 g/mol. The Morgan fingerprint density at radius 1 is 1.40 bits per heavy atom. The molecule has 1 aliphatic heterocycles. The van der Waals surface area contributed by atoms with Crippen molar-refractivity contribution >= 4 is 5.69 Å². The third-order valence-electron chi connectivity index (χ3n) is 4.60. The summed E-state index contributed by atoms with van der Waals surface area (Å²) in [5, 5.41) is 3.39. The Bertz CT molecular complexity index is 482. The second-order valence-corrected chi connectivity index (χ2v) is 6.48. The molecule has 1 heterocycles. The standard InChI is InChI=1S/C17H28N2O/c1-7-18-11-13-8-14-12(2)10-17(3,4)19(5)15(14)9-16(13)20-6/h8-9,12,18H,7,10-11H2,1-6H3/t12-/m1/s1. The van der Waals surface area contributed by atoms with Crippen LogP contribution in [0.1, 0.15) is 51.2 Å². The van der Waals surface area contributed by atoms with Crippen molar-refractivity contribution in [2.45, 2.75) is 52.1 Å². The number of hydrogen-bond donors (Lipinski definition) is 1. The number of ether oxygens (including phenoxy) is 1. The first-order valence-corrected chi connectivity index (χ1v) is 7.56. The Morgan fingerprint density at radius 3 is 2.70 bits per heavy atom. The zero-order valence-corrected chi connectivity index (χ0v) is 13.7. The molecule has 0 aromatic heterocycles. The molecule has 0 bridgehead atoms. The molecule has 1 aliphatic rings. The first-order chi connectivity index (χ1) is 9.40. The molecule has 0 unspecified atom stereocenters. The number of hydrogen-bond acceptors (Lipinski definition) is 3. The third-order valence-corrected chi connectivity index (χ3v) is 4.60. The zero-order valence-electron chi connectivity index (χ0n) is 13.7.